The van der Waals surface area contributed by atoms with Crippen molar-refractivity contribution >= 4 is 32.8 Å². The van der Waals surface area contributed by atoms with Crippen molar-refractivity contribution in [3.05, 3.63) is 145 Å². The van der Waals surface area contributed by atoms with Gasteiger partial charge in [0.2, 0.25) is 0 Å². The molecule has 2 heterocycles. The summed E-state index contributed by atoms with van der Waals surface area (Å²) in [6.45, 7) is 4.12. The van der Waals surface area contributed by atoms with Crippen LogP contribution in [0.1, 0.15) is 11.6 Å². The number of para-hydroxylation sites is 4. The molecule has 0 fully saturated rings. The van der Waals surface area contributed by atoms with Crippen LogP contribution in [0, 0.1) is 13.8 Å². The van der Waals surface area contributed by atoms with Crippen LogP contribution < -0.4 is 0 Å². The molecular formula is C38H28N4. The number of nitrogens with zero attached hydrogens (tertiary/aromatic N) is 4. The van der Waals surface area contributed by atoms with E-state index in [0.717, 1.165) is 45.1 Å². The number of hydrogen-bond donors (Lipinski definition) is 0. The first-order valence-electron chi connectivity index (χ1n) is 14.3. The molecule has 6 aromatic carbocycles. The Hall–Kier alpha value is -5.48. The summed E-state index contributed by atoms with van der Waals surface area (Å²) in [5.74, 6) is 1.98. The third kappa shape index (κ3) is 4.00. The number of rotatable bonds is 4. The molecule has 4 nitrogen and oxygen atoms in total. The van der Waals surface area contributed by atoms with Crippen molar-refractivity contribution in [1.82, 2.24) is 19.1 Å². The Balaban J connectivity index is 1.11. The lowest BCUT2D eigenvalue weighted by Gasteiger charge is -2.11. The topological polar surface area (TPSA) is 35.6 Å². The van der Waals surface area contributed by atoms with Crippen LogP contribution in [0.15, 0.2) is 133 Å². The standard InChI is InChI=1S/C38H28N4/c1-25-39-35-7-3-5-9-37(35)41(25)33-19-15-27(16-20-33)30-13-11-29-12-14-31(24-32(29)23-30)28-17-21-34(22-18-28)42-26(2)40-36-8-4-6-10-38(36)42/h3-24H,1-2H3. The van der Waals surface area contributed by atoms with Gasteiger partial charge in [0.15, 0.2) is 0 Å². The van der Waals surface area contributed by atoms with E-state index in [1.807, 2.05) is 12.1 Å². The number of hydrogen-bond acceptors (Lipinski definition) is 2. The minimum absolute atomic E-state index is 0.990. The second-order valence-electron chi connectivity index (χ2n) is 10.8. The van der Waals surface area contributed by atoms with Crippen molar-refractivity contribution in [2.45, 2.75) is 13.8 Å². The highest BCUT2D eigenvalue weighted by Gasteiger charge is 2.11. The van der Waals surface area contributed by atoms with Crippen molar-refractivity contribution in [1.29, 1.82) is 0 Å². The summed E-state index contributed by atoms with van der Waals surface area (Å²) in [6, 6.07) is 47.6. The largest absolute Gasteiger partial charge is 0.297 e. The van der Waals surface area contributed by atoms with Gasteiger partial charge in [-0.3, -0.25) is 9.13 Å². The first-order valence-corrected chi connectivity index (χ1v) is 14.3. The van der Waals surface area contributed by atoms with Gasteiger partial charge >= 0.3 is 0 Å². The van der Waals surface area contributed by atoms with Crippen molar-refractivity contribution < 1.29 is 0 Å². The third-order valence-corrected chi connectivity index (χ3v) is 8.21. The fraction of sp³-hybridized carbons (Fsp3) is 0.0526. The number of fused-ring (bicyclic) bond motifs is 3. The van der Waals surface area contributed by atoms with Crippen LogP contribution in [-0.2, 0) is 0 Å². The molecule has 200 valence electrons. The van der Waals surface area contributed by atoms with Gasteiger partial charge in [-0.2, -0.15) is 0 Å². The molecular weight excluding hydrogens is 512 g/mol. The fourth-order valence-corrected chi connectivity index (χ4v) is 6.16. The maximum absolute atomic E-state index is 4.73. The molecule has 8 aromatic rings. The van der Waals surface area contributed by atoms with E-state index in [1.165, 1.54) is 33.0 Å². The van der Waals surface area contributed by atoms with E-state index in [1.54, 1.807) is 0 Å². The Labute approximate surface area is 244 Å². The number of aromatic nitrogens is 4. The van der Waals surface area contributed by atoms with Gasteiger partial charge in [0.1, 0.15) is 11.6 Å². The predicted octanol–water partition coefficient (Wildman–Crippen LogP) is 9.47. The van der Waals surface area contributed by atoms with Gasteiger partial charge in [-0.25, -0.2) is 9.97 Å². The molecule has 2 aromatic heterocycles. The van der Waals surface area contributed by atoms with Crippen LogP contribution in [-0.4, -0.2) is 19.1 Å². The van der Waals surface area contributed by atoms with Crippen LogP contribution >= 0.6 is 0 Å². The summed E-state index contributed by atoms with van der Waals surface area (Å²) in [5.41, 5.74) is 11.3. The van der Waals surface area contributed by atoms with Gasteiger partial charge in [0.05, 0.1) is 22.1 Å². The molecule has 0 bridgehead atoms. The Morgan fingerprint density at radius 2 is 0.810 bits per heavy atom. The predicted molar refractivity (Wildman–Crippen MR) is 174 cm³/mol. The lowest BCUT2D eigenvalue weighted by Crippen LogP contribution is -1.96. The normalized spacial score (nSPS) is 11.6. The van der Waals surface area contributed by atoms with Gasteiger partial charge in [0.25, 0.3) is 0 Å². The Kier molecular flexibility index (Phi) is 5.54. The van der Waals surface area contributed by atoms with Crippen LogP contribution in [0.25, 0.3) is 66.5 Å². The highest BCUT2D eigenvalue weighted by atomic mass is 15.1. The van der Waals surface area contributed by atoms with E-state index in [2.05, 4.69) is 144 Å². The Morgan fingerprint density at radius 3 is 1.26 bits per heavy atom. The minimum Gasteiger partial charge on any atom is -0.297 e. The summed E-state index contributed by atoms with van der Waals surface area (Å²) in [4.78, 5) is 9.46. The molecule has 0 amide bonds. The lowest BCUT2D eigenvalue weighted by molar-refractivity contribution is 1.00. The van der Waals surface area contributed by atoms with E-state index in [-0.39, 0.29) is 0 Å². The number of imidazole rings is 2. The molecule has 0 radical (unpaired) electrons. The van der Waals surface area contributed by atoms with E-state index >= 15 is 0 Å². The van der Waals surface area contributed by atoms with Gasteiger partial charge in [0, 0.05) is 11.4 Å². The Bertz CT molecular complexity index is 2090. The number of aryl methyl sites for hydroxylation is 2. The molecule has 0 aliphatic carbocycles. The maximum atomic E-state index is 4.73. The third-order valence-electron chi connectivity index (χ3n) is 8.21. The minimum atomic E-state index is 0.990. The molecule has 0 atom stereocenters. The molecule has 0 unspecified atom stereocenters. The highest BCUT2D eigenvalue weighted by molar-refractivity contribution is 5.91. The van der Waals surface area contributed by atoms with E-state index in [4.69, 9.17) is 9.97 Å². The second kappa shape index (κ2) is 9.57. The molecule has 0 spiro atoms. The van der Waals surface area contributed by atoms with Gasteiger partial charge in [-0.15, -0.1) is 0 Å². The van der Waals surface area contributed by atoms with Gasteiger partial charge in [-0.1, -0.05) is 72.8 Å². The Morgan fingerprint density at radius 1 is 0.405 bits per heavy atom. The SMILES string of the molecule is Cc1nc2ccccc2n1-c1ccc(-c2ccc3ccc(-c4ccc(-n5c(C)nc6ccccc65)cc4)cc3c2)cc1. The average molecular weight is 541 g/mol. The zero-order valence-electron chi connectivity index (χ0n) is 23.5. The molecule has 4 heteroatoms. The summed E-state index contributed by atoms with van der Waals surface area (Å²) in [7, 11) is 0. The van der Waals surface area contributed by atoms with Crippen molar-refractivity contribution in [3.63, 3.8) is 0 Å². The lowest BCUT2D eigenvalue weighted by atomic mass is 9.97. The summed E-state index contributed by atoms with van der Waals surface area (Å²) >= 11 is 0. The number of benzene rings is 6. The molecule has 8 rings (SSSR count). The quantitative estimate of drug-likeness (QED) is 0.223. The summed E-state index contributed by atoms with van der Waals surface area (Å²) in [5, 5.41) is 2.46. The smallest absolute Gasteiger partial charge is 0.111 e. The summed E-state index contributed by atoms with van der Waals surface area (Å²) in [6.07, 6.45) is 0. The molecule has 0 aliphatic heterocycles. The van der Waals surface area contributed by atoms with Crippen LogP contribution in [0.2, 0.25) is 0 Å². The molecule has 0 aliphatic rings. The monoisotopic (exact) mass is 540 g/mol. The first-order chi connectivity index (χ1) is 20.6. The molecule has 0 saturated heterocycles. The van der Waals surface area contributed by atoms with Gasteiger partial charge in [-0.05, 0) is 108 Å². The van der Waals surface area contributed by atoms with E-state index in [0.29, 0.717) is 0 Å². The van der Waals surface area contributed by atoms with Crippen molar-refractivity contribution in [2.24, 2.45) is 0 Å². The van der Waals surface area contributed by atoms with Gasteiger partial charge < -0.3 is 0 Å². The van der Waals surface area contributed by atoms with E-state index in [9.17, 15) is 0 Å². The maximum Gasteiger partial charge on any atom is 0.111 e. The van der Waals surface area contributed by atoms with Crippen molar-refractivity contribution in [2.75, 3.05) is 0 Å². The van der Waals surface area contributed by atoms with Crippen LogP contribution in [0.3, 0.4) is 0 Å². The van der Waals surface area contributed by atoms with E-state index < -0.39 is 0 Å². The average Bonchev–Trinajstić information content (AvgIpc) is 3.55. The van der Waals surface area contributed by atoms with Crippen LogP contribution in [0.4, 0.5) is 0 Å². The highest BCUT2D eigenvalue weighted by Crippen LogP contribution is 2.31. The van der Waals surface area contributed by atoms with Crippen molar-refractivity contribution in [3.8, 4) is 33.6 Å². The molecule has 42 heavy (non-hydrogen) atoms. The second-order valence-corrected chi connectivity index (χ2v) is 10.8. The van der Waals surface area contributed by atoms with Crippen LogP contribution in [0.5, 0.6) is 0 Å². The first kappa shape index (κ1) is 24.3. The molecule has 0 saturated carbocycles. The zero-order valence-corrected chi connectivity index (χ0v) is 23.5. The zero-order chi connectivity index (χ0) is 28.2. The molecule has 0 N–H and O–H groups in total. The fourth-order valence-electron chi connectivity index (χ4n) is 6.16. The summed E-state index contributed by atoms with van der Waals surface area (Å²) < 4.78 is 4.43.